The summed E-state index contributed by atoms with van der Waals surface area (Å²) in [4.78, 5) is 2.41. The van der Waals surface area contributed by atoms with Gasteiger partial charge in [0.25, 0.3) is 0 Å². The Hall–Kier alpha value is -2.25. The number of hydrogen-bond acceptors (Lipinski definition) is 7. The number of likely N-dealkylation sites (tertiary alicyclic amines) is 1. The molecule has 7 nitrogen and oxygen atoms in total. The molecule has 28 heavy (non-hydrogen) atoms. The van der Waals surface area contributed by atoms with E-state index in [1.54, 1.807) is 0 Å². The third-order valence-electron chi connectivity index (χ3n) is 6.14. The number of fused-ring (bicyclic) bond motifs is 2. The maximum atomic E-state index is 10.7. The van der Waals surface area contributed by atoms with E-state index in [1.807, 2.05) is 24.3 Å². The van der Waals surface area contributed by atoms with Crippen molar-refractivity contribution < 1.29 is 23.8 Å². The van der Waals surface area contributed by atoms with Crippen LogP contribution in [0.5, 0.6) is 17.2 Å². The molecule has 1 N–H and O–H groups in total. The number of benzene rings is 1. The Kier molecular flexibility index (Phi) is 4.64. The average molecular weight is 386 g/mol. The number of aromatic nitrogens is 1. The number of nitrogens with zero attached hydrogens (tertiary/aromatic N) is 2. The zero-order chi connectivity index (χ0) is 19.1. The standard InChI is InChI=1S/C21H26N2O5/c1-2-15-7-17(28-22-15)11-23-9-13-5-18(24)20(6-14(13)10-23)27-16-3-4-19-21(8-16)26-12-25-19/h3-4,7-8,13-14,18,20,24H,2,5-6,9-12H2,1H3/t13-,14+,18+,20+/m0/s1. The number of aliphatic hydroxyl groups is 1. The quantitative estimate of drug-likeness (QED) is 0.846. The minimum absolute atomic E-state index is 0.196. The molecule has 3 aliphatic rings. The second-order valence-corrected chi connectivity index (χ2v) is 8.06. The molecule has 3 heterocycles. The van der Waals surface area contributed by atoms with E-state index in [2.05, 4.69) is 17.0 Å². The zero-order valence-electron chi connectivity index (χ0n) is 16.0. The van der Waals surface area contributed by atoms with Gasteiger partial charge in [0.05, 0.1) is 18.3 Å². The van der Waals surface area contributed by atoms with E-state index in [4.69, 9.17) is 18.7 Å². The van der Waals surface area contributed by atoms with Gasteiger partial charge < -0.3 is 23.8 Å². The normalized spacial score (nSPS) is 29.1. The minimum atomic E-state index is -0.455. The summed E-state index contributed by atoms with van der Waals surface area (Å²) in [7, 11) is 0. The number of ether oxygens (including phenoxy) is 3. The highest BCUT2D eigenvalue weighted by Gasteiger charge is 2.42. The second kappa shape index (κ2) is 7.29. The summed E-state index contributed by atoms with van der Waals surface area (Å²) in [6.07, 6.45) is 1.86. The summed E-state index contributed by atoms with van der Waals surface area (Å²) >= 11 is 0. The van der Waals surface area contributed by atoms with E-state index in [-0.39, 0.29) is 12.9 Å². The van der Waals surface area contributed by atoms with Gasteiger partial charge >= 0.3 is 0 Å². The van der Waals surface area contributed by atoms with Crippen LogP contribution in [0, 0.1) is 11.8 Å². The van der Waals surface area contributed by atoms with Crippen LogP contribution in [0.25, 0.3) is 0 Å². The van der Waals surface area contributed by atoms with Crippen LogP contribution in [0.15, 0.2) is 28.8 Å². The summed E-state index contributed by atoms with van der Waals surface area (Å²) in [6, 6.07) is 7.62. The maximum absolute atomic E-state index is 10.7. The van der Waals surface area contributed by atoms with Gasteiger partial charge in [-0.15, -0.1) is 0 Å². The Labute approximate surface area is 164 Å². The molecular formula is C21H26N2O5. The van der Waals surface area contributed by atoms with Crippen LogP contribution in [-0.4, -0.2) is 47.3 Å². The Balaban J connectivity index is 1.21. The van der Waals surface area contributed by atoms with Gasteiger partial charge in [0.1, 0.15) is 11.9 Å². The number of hydrogen-bond donors (Lipinski definition) is 1. The highest BCUT2D eigenvalue weighted by Crippen LogP contribution is 2.40. The van der Waals surface area contributed by atoms with Crippen molar-refractivity contribution in [2.24, 2.45) is 11.8 Å². The van der Waals surface area contributed by atoms with E-state index >= 15 is 0 Å². The van der Waals surface area contributed by atoms with Gasteiger partial charge in [0, 0.05) is 25.2 Å². The first-order valence-corrected chi connectivity index (χ1v) is 10.1. The van der Waals surface area contributed by atoms with Crippen molar-refractivity contribution in [1.29, 1.82) is 0 Å². The van der Waals surface area contributed by atoms with E-state index in [1.165, 1.54) is 0 Å². The molecule has 1 aromatic heterocycles. The summed E-state index contributed by atoms with van der Waals surface area (Å²) in [6.45, 7) is 5.09. The number of aryl methyl sites for hydroxylation is 1. The van der Waals surface area contributed by atoms with Gasteiger partial charge in [-0.25, -0.2) is 0 Å². The predicted molar refractivity (Wildman–Crippen MR) is 100 cm³/mol. The van der Waals surface area contributed by atoms with Crippen LogP contribution in [0.1, 0.15) is 31.2 Å². The fourth-order valence-electron chi connectivity index (χ4n) is 4.69. The Morgan fingerprint density at radius 3 is 2.79 bits per heavy atom. The molecule has 2 aromatic rings. The first-order valence-electron chi connectivity index (χ1n) is 10.1. The van der Waals surface area contributed by atoms with Crippen molar-refractivity contribution in [2.45, 2.75) is 44.9 Å². The van der Waals surface area contributed by atoms with Gasteiger partial charge in [-0.1, -0.05) is 12.1 Å². The highest BCUT2D eigenvalue weighted by molar-refractivity contribution is 5.47. The lowest BCUT2D eigenvalue weighted by Crippen LogP contribution is -2.42. The van der Waals surface area contributed by atoms with Gasteiger partial charge in [-0.2, -0.15) is 0 Å². The Bertz CT molecular complexity index is 838. The number of rotatable bonds is 5. The molecule has 5 rings (SSSR count). The molecule has 2 fully saturated rings. The average Bonchev–Trinajstić information content (AvgIpc) is 3.41. The summed E-state index contributed by atoms with van der Waals surface area (Å²) in [5, 5.41) is 14.7. The van der Waals surface area contributed by atoms with Crippen molar-refractivity contribution in [3.8, 4) is 17.2 Å². The molecule has 2 aliphatic heterocycles. The number of aliphatic hydroxyl groups excluding tert-OH is 1. The molecule has 1 saturated carbocycles. The fraction of sp³-hybridized carbons (Fsp3) is 0.571. The van der Waals surface area contributed by atoms with Crippen molar-refractivity contribution in [1.82, 2.24) is 10.1 Å². The van der Waals surface area contributed by atoms with Crippen LogP contribution in [0.2, 0.25) is 0 Å². The van der Waals surface area contributed by atoms with Gasteiger partial charge in [0.15, 0.2) is 17.3 Å². The lowest BCUT2D eigenvalue weighted by atomic mass is 9.78. The molecule has 0 amide bonds. The van der Waals surface area contributed by atoms with Gasteiger partial charge in [-0.3, -0.25) is 4.90 Å². The summed E-state index contributed by atoms with van der Waals surface area (Å²) < 4.78 is 22.3. The third kappa shape index (κ3) is 3.44. The molecule has 1 saturated heterocycles. The lowest BCUT2D eigenvalue weighted by Gasteiger charge is -2.35. The molecule has 7 heteroatoms. The molecule has 1 aromatic carbocycles. The minimum Gasteiger partial charge on any atom is -0.488 e. The molecule has 1 aliphatic carbocycles. The van der Waals surface area contributed by atoms with Crippen LogP contribution in [0.3, 0.4) is 0 Å². The third-order valence-corrected chi connectivity index (χ3v) is 6.14. The predicted octanol–water partition coefficient (Wildman–Crippen LogP) is 2.62. The summed E-state index contributed by atoms with van der Waals surface area (Å²) in [5.41, 5.74) is 0.999. The molecule has 0 radical (unpaired) electrons. The van der Waals surface area contributed by atoms with Gasteiger partial charge in [-0.05, 0) is 43.2 Å². The van der Waals surface area contributed by atoms with E-state index in [0.717, 1.165) is 61.8 Å². The first kappa shape index (κ1) is 17.8. The van der Waals surface area contributed by atoms with Crippen LogP contribution in [-0.2, 0) is 13.0 Å². The van der Waals surface area contributed by atoms with Crippen LogP contribution < -0.4 is 14.2 Å². The SMILES string of the molecule is CCc1cc(CN2C[C@H]3C[C@@H](Oc4ccc5c(c4)OCO5)[C@H](O)C[C@H]3C2)on1. The first-order chi connectivity index (χ1) is 13.7. The Morgan fingerprint density at radius 2 is 1.96 bits per heavy atom. The molecule has 0 unspecified atom stereocenters. The Morgan fingerprint density at radius 1 is 1.14 bits per heavy atom. The van der Waals surface area contributed by atoms with Crippen molar-refractivity contribution in [2.75, 3.05) is 19.9 Å². The highest BCUT2D eigenvalue weighted by atomic mass is 16.7. The molecule has 0 spiro atoms. The van der Waals surface area contributed by atoms with Crippen molar-refractivity contribution in [3.05, 3.63) is 35.7 Å². The smallest absolute Gasteiger partial charge is 0.231 e. The maximum Gasteiger partial charge on any atom is 0.231 e. The fourth-order valence-corrected chi connectivity index (χ4v) is 4.69. The topological polar surface area (TPSA) is 77.2 Å². The van der Waals surface area contributed by atoms with Crippen LogP contribution >= 0.6 is 0 Å². The molecule has 4 atom stereocenters. The lowest BCUT2D eigenvalue weighted by molar-refractivity contribution is -0.0232. The largest absolute Gasteiger partial charge is 0.488 e. The summed E-state index contributed by atoms with van der Waals surface area (Å²) in [5.74, 6) is 4.10. The molecule has 0 bridgehead atoms. The van der Waals surface area contributed by atoms with Gasteiger partial charge in [0.2, 0.25) is 6.79 Å². The van der Waals surface area contributed by atoms with Crippen molar-refractivity contribution in [3.63, 3.8) is 0 Å². The van der Waals surface area contributed by atoms with E-state index in [9.17, 15) is 5.11 Å². The van der Waals surface area contributed by atoms with E-state index in [0.29, 0.717) is 17.6 Å². The molecular weight excluding hydrogens is 360 g/mol. The van der Waals surface area contributed by atoms with Crippen molar-refractivity contribution >= 4 is 0 Å². The van der Waals surface area contributed by atoms with E-state index < -0.39 is 6.10 Å². The monoisotopic (exact) mass is 386 g/mol. The molecule has 150 valence electrons. The van der Waals surface area contributed by atoms with Crippen LogP contribution in [0.4, 0.5) is 0 Å². The second-order valence-electron chi connectivity index (χ2n) is 8.06. The zero-order valence-corrected chi connectivity index (χ0v) is 16.0.